The molecule has 2 aromatic heterocycles. The lowest BCUT2D eigenvalue weighted by atomic mass is 9.87. The van der Waals surface area contributed by atoms with Gasteiger partial charge in [0.1, 0.15) is 17.2 Å². The molecule has 0 radical (unpaired) electrons. The van der Waals surface area contributed by atoms with Crippen LogP contribution in [0.3, 0.4) is 0 Å². The Morgan fingerprint density at radius 2 is 1.23 bits per heavy atom. The minimum absolute atomic E-state index is 0.683. The van der Waals surface area contributed by atoms with Crippen LogP contribution in [0.4, 0.5) is 0 Å². The van der Waals surface area contributed by atoms with E-state index >= 15 is 0 Å². The molecule has 6 aromatic carbocycles. The Morgan fingerprint density at radius 1 is 0.500 bits per heavy atom. The van der Waals surface area contributed by atoms with Gasteiger partial charge in [0.15, 0.2) is 0 Å². The number of thiophene rings is 1. The third-order valence-electron chi connectivity index (χ3n) is 7.74. The quantitative estimate of drug-likeness (QED) is 0.229. The summed E-state index contributed by atoms with van der Waals surface area (Å²) in [6.07, 6.45) is 0. The highest BCUT2D eigenvalue weighted by atomic mass is 32.1. The maximum Gasteiger partial charge on any atom is 0.136 e. The van der Waals surface area contributed by atoms with Gasteiger partial charge in [-0.15, -0.1) is 11.3 Å². The standard InChI is InChI=1S/C37H21NOS/c38-22-32-30(23-9-2-1-3-10-23)19-25(24-17-18-27-26-11-4-6-14-33(26)39-34(27)21-24)20-31(32)28-13-8-16-36-37(28)29-12-5-7-15-35(29)40-36/h1-21H. The van der Waals surface area contributed by atoms with Crippen molar-refractivity contribution in [3.63, 3.8) is 0 Å². The van der Waals surface area contributed by atoms with E-state index in [9.17, 15) is 5.26 Å². The van der Waals surface area contributed by atoms with Crippen LogP contribution in [0.15, 0.2) is 132 Å². The highest BCUT2D eigenvalue weighted by Gasteiger charge is 2.19. The number of fused-ring (bicyclic) bond motifs is 6. The summed E-state index contributed by atoms with van der Waals surface area (Å²) in [4.78, 5) is 0. The molecule has 8 aromatic rings. The number of furan rings is 1. The van der Waals surface area contributed by atoms with E-state index < -0.39 is 0 Å². The van der Waals surface area contributed by atoms with Gasteiger partial charge in [0.05, 0.1) is 5.56 Å². The first-order chi connectivity index (χ1) is 19.8. The Balaban J connectivity index is 1.44. The van der Waals surface area contributed by atoms with E-state index in [0.29, 0.717) is 5.56 Å². The monoisotopic (exact) mass is 527 g/mol. The van der Waals surface area contributed by atoms with Gasteiger partial charge in [-0.1, -0.05) is 84.9 Å². The van der Waals surface area contributed by atoms with Crippen molar-refractivity contribution in [2.24, 2.45) is 0 Å². The average molecular weight is 528 g/mol. The summed E-state index contributed by atoms with van der Waals surface area (Å²) in [5.41, 5.74) is 8.50. The molecule has 0 aliphatic heterocycles. The fraction of sp³-hybridized carbons (Fsp3) is 0. The molecule has 8 rings (SSSR count). The van der Waals surface area contributed by atoms with Gasteiger partial charge in [0.2, 0.25) is 0 Å². The van der Waals surface area contributed by atoms with Crippen LogP contribution >= 0.6 is 11.3 Å². The summed E-state index contributed by atoms with van der Waals surface area (Å²) in [5, 5.41) is 15.2. The Hall–Kier alpha value is -5.17. The van der Waals surface area contributed by atoms with E-state index in [-0.39, 0.29) is 0 Å². The molecule has 0 amide bonds. The zero-order chi connectivity index (χ0) is 26.6. The SMILES string of the molecule is N#Cc1c(-c2ccccc2)cc(-c2ccc3c(c2)oc2ccccc23)cc1-c1cccc2sc3ccccc3c12. The van der Waals surface area contributed by atoms with Crippen LogP contribution in [0.5, 0.6) is 0 Å². The van der Waals surface area contributed by atoms with Gasteiger partial charge in [-0.3, -0.25) is 0 Å². The fourth-order valence-corrected chi connectivity index (χ4v) is 7.02. The molecule has 0 N–H and O–H groups in total. The molecule has 40 heavy (non-hydrogen) atoms. The number of rotatable bonds is 3. The lowest BCUT2D eigenvalue weighted by Gasteiger charge is -2.15. The lowest BCUT2D eigenvalue weighted by molar-refractivity contribution is 0.669. The Bertz CT molecular complexity index is 2280. The Kier molecular flexibility index (Phi) is 5.10. The molecule has 0 aliphatic carbocycles. The molecule has 2 heterocycles. The second kappa shape index (κ2) is 8.95. The second-order valence-electron chi connectivity index (χ2n) is 10.0. The summed E-state index contributed by atoms with van der Waals surface area (Å²) in [5.74, 6) is 0. The van der Waals surface area contributed by atoms with Gasteiger partial charge < -0.3 is 4.42 Å². The Labute approximate surface area is 235 Å². The lowest BCUT2D eigenvalue weighted by Crippen LogP contribution is -1.93. The zero-order valence-corrected chi connectivity index (χ0v) is 22.2. The smallest absolute Gasteiger partial charge is 0.136 e. The number of nitriles is 1. The molecule has 0 fully saturated rings. The third kappa shape index (κ3) is 3.48. The first kappa shape index (κ1) is 22.8. The van der Waals surface area contributed by atoms with Gasteiger partial charge >= 0.3 is 0 Å². The topological polar surface area (TPSA) is 36.9 Å². The number of hydrogen-bond donors (Lipinski definition) is 0. The van der Waals surface area contributed by atoms with Crippen molar-refractivity contribution in [2.75, 3.05) is 0 Å². The highest BCUT2D eigenvalue weighted by Crippen LogP contribution is 2.44. The predicted molar refractivity (Wildman–Crippen MR) is 168 cm³/mol. The van der Waals surface area contributed by atoms with Crippen LogP contribution in [0.2, 0.25) is 0 Å². The summed E-state index contributed by atoms with van der Waals surface area (Å²) < 4.78 is 8.70. The van der Waals surface area contributed by atoms with Gasteiger partial charge in [-0.25, -0.2) is 0 Å². The maximum absolute atomic E-state index is 10.6. The van der Waals surface area contributed by atoms with E-state index in [1.54, 1.807) is 11.3 Å². The molecule has 0 saturated carbocycles. The maximum atomic E-state index is 10.6. The van der Waals surface area contributed by atoms with Crippen LogP contribution in [-0.2, 0) is 0 Å². The minimum Gasteiger partial charge on any atom is -0.456 e. The molecule has 0 atom stereocenters. The number of hydrogen-bond acceptors (Lipinski definition) is 3. The number of nitrogens with zero attached hydrogens (tertiary/aromatic N) is 1. The third-order valence-corrected chi connectivity index (χ3v) is 8.88. The molecule has 0 saturated heterocycles. The van der Waals surface area contributed by atoms with Crippen LogP contribution in [0.1, 0.15) is 5.56 Å². The molecule has 3 heteroatoms. The average Bonchev–Trinajstić information content (AvgIpc) is 3.58. The summed E-state index contributed by atoms with van der Waals surface area (Å²) in [6.45, 7) is 0. The first-order valence-corrected chi connectivity index (χ1v) is 14.1. The van der Waals surface area contributed by atoms with E-state index in [1.165, 1.54) is 20.2 Å². The summed E-state index contributed by atoms with van der Waals surface area (Å²) in [7, 11) is 0. The van der Waals surface area contributed by atoms with Crippen molar-refractivity contribution < 1.29 is 4.42 Å². The van der Waals surface area contributed by atoms with E-state index in [2.05, 4.69) is 97.1 Å². The largest absolute Gasteiger partial charge is 0.456 e. The van der Waals surface area contributed by atoms with Gasteiger partial charge in [0, 0.05) is 42.1 Å². The fourth-order valence-electron chi connectivity index (χ4n) is 5.89. The van der Waals surface area contributed by atoms with Crippen LogP contribution < -0.4 is 0 Å². The van der Waals surface area contributed by atoms with Crippen molar-refractivity contribution in [1.29, 1.82) is 5.26 Å². The predicted octanol–water partition coefficient (Wildman–Crippen LogP) is 10.8. The number of para-hydroxylation sites is 1. The molecule has 0 spiro atoms. The van der Waals surface area contributed by atoms with Crippen molar-refractivity contribution >= 4 is 53.4 Å². The van der Waals surface area contributed by atoms with Gasteiger partial charge in [-0.05, 0) is 64.7 Å². The van der Waals surface area contributed by atoms with E-state index in [1.807, 2.05) is 36.4 Å². The second-order valence-corrected chi connectivity index (χ2v) is 11.1. The molecule has 186 valence electrons. The zero-order valence-electron chi connectivity index (χ0n) is 21.4. The van der Waals surface area contributed by atoms with Crippen molar-refractivity contribution in [3.05, 3.63) is 133 Å². The van der Waals surface area contributed by atoms with E-state index in [0.717, 1.165) is 55.3 Å². The van der Waals surface area contributed by atoms with Crippen molar-refractivity contribution in [3.8, 4) is 39.4 Å². The molecule has 2 nitrogen and oxygen atoms in total. The molecule has 0 unspecified atom stereocenters. The molecule has 0 bridgehead atoms. The van der Waals surface area contributed by atoms with Crippen LogP contribution in [-0.4, -0.2) is 0 Å². The summed E-state index contributed by atoms with van der Waals surface area (Å²) >= 11 is 1.79. The number of benzene rings is 6. The van der Waals surface area contributed by atoms with Gasteiger partial charge in [0.25, 0.3) is 0 Å². The molecular weight excluding hydrogens is 506 g/mol. The molecule has 0 aliphatic rings. The van der Waals surface area contributed by atoms with Crippen LogP contribution in [0.25, 0.3) is 75.5 Å². The normalized spacial score (nSPS) is 11.5. The van der Waals surface area contributed by atoms with Crippen molar-refractivity contribution in [2.45, 2.75) is 0 Å². The first-order valence-electron chi connectivity index (χ1n) is 13.2. The van der Waals surface area contributed by atoms with Crippen LogP contribution in [0, 0.1) is 11.3 Å². The minimum atomic E-state index is 0.683. The highest BCUT2D eigenvalue weighted by molar-refractivity contribution is 7.25. The Morgan fingerprint density at radius 3 is 2.10 bits per heavy atom. The van der Waals surface area contributed by atoms with Gasteiger partial charge in [-0.2, -0.15) is 5.26 Å². The molecular formula is C37H21NOS. The van der Waals surface area contributed by atoms with E-state index in [4.69, 9.17) is 4.42 Å². The van der Waals surface area contributed by atoms with Crippen molar-refractivity contribution in [1.82, 2.24) is 0 Å². The summed E-state index contributed by atoms with van der Waals surface area (Å²) in [6, 6.07) is 46.6.